The highest BCUT2D eigenvalue weighted by Crippen LogP contribution is 2.27. The maximum absolute atomic E-state index is 13.9. The van der Waals surface area contributed by atoms with Gasteiger partial charge in [-0.2, -0.15) is 0 Å². The van der Waals surface area contributed by atoms with Crippen LogP contribution < -0.4 is 4.90 Å². The van der Waals surface area contributed by atoms with Crippen molar-refractivity contribution in [2.45, 2.75) is 26.3 Å². The molecule has 0 aliphatic carbocycles. The third kappa shape index (κ3) is 3.82. The van der Waals surface area contributed by atoms with Crippen LogP contribution in [-0.2, 0) is 6.54 Å². The Balaban J connectivity index is 1.60. The molecule has 3 rings (SSSR count). The minimum absolute atomic E-state index is 0.231. The van der Waals surface area contributed by atoms with Crippen LogP contribution in [-0.4, -0.2) is 41.3 Å². The van der Waals surface area contributed by atoms with Crippen molar-refractivity contribution < 1.29 is 4.39 Å². The maximum Gasteiger partial charge on any atom is 0.208 e. The fraction of sp³-hybridized carbons (Fsp3) is 0.500. The zero-order valence-corrected chi connectivity index (χ0v) is 14.9. The number of benzene rings is 1. The van der Waals surface area contributed by atoms with E-state index in [0.717, 1.165) is 36.3 Å². The molecule has 0 spiro atoms. The van der Waals surface area contributed by atoms with Crippen LogP contribution in [0.3, 0.4) is 0 Å². The Labute approximate surface area is 144 Å². The predicted molar refractivity (Wildman–Crippen MR) is 92.9 cm³/mol. The molecule has 0 amide bonds. The average Bonchev–Trinajstić information content (AvgIpc) is 3.02. The Kier molecular flexibility index (Phi) is 5.14. The number of anilines is 1. The summed E-state index contributed by atoms with van der Waals surface area (Å²) in [6.07, 6.45) is 0. The van der Waals surface area contributed by atoms with Gasteiger partial charge < -0.3 is 4.90 Å². The van der Waals surface area contributed by atoms with E-state index in [-0.39, 0.29) is 5.82 Å². The lowest BCUT2D eigenvalue weighted by atomic mass is 10.2. The SMILES string of the molecule is CC(C)c1nnc(N2CCN(Cc3c(F)cccc3Cl)CC2)s1. The van der Waals surface area contributed by atoms with Crippen molar-refractivity contribution in [2.75, 3.05) is 31.1 Å². The Morgan fingerprint density at radius 3 is 2.57 bits per heavy atom. The van der Waals surface area contributed by atoms with E-state index in [1.165, 1.54) is 6.07 Å². The summed E-state index contributed by atoms with van der Waals surface area (Å²) in [6.45, 7) is 8.27. The Bertz CT molecular complexity index is 648. The van der Waals surface area contributed by atoms with Crippen LogP contribution >= 0.6 is 22.9 Å². The first kappa shape index (κ1) is 16.6. The largest absolute Gasteiger partial charge is 0.344 e. The molecule has 0 saturated carbocycles. The number of hydrogen-bond acceptors (Lipinski definition) is 5. The molecule has 0 radical (unpaired) electrons. The predicted octanol–water partition coefficient (Wildman–Crippen LogP) is 3.78. The van der Waals surface area contributed by atoms with Crippen LogP contribution in [0, 0.1) is 5.82 Å². The summed E-state index contributed by atoms with van der Waals surface area (Å²) in [4.78, 5) is 4.48. The van der Waals surface area contributed by atoms with Gasteiger partial charge in [0.1, 0.15) is 10.8 Å². The highest BCUT2D eigenvalue weighted by molar-refractivity contribution is 7.15. The van der Waals surface area contributed by atoms with Crippen molar-refractivity contribution in [3.63, 3.8) is 0 Å². The topological polar surface area (TPSA) is 32.3 Å². The summed E-state index contributed by atoms with van der Waals surface area (Å²) in [7, 11) is 0. The molecule has 0 bridgehead atoms. The molecule has 23 heavy (non-hydrogen) atoms. The molecule has 1 saturated heterocycles. The van der Waals surface area contributed by atoms with Crippen molar-refractivity contribution in [2.24, 2.45) is 0 Å². The second kappa shape index (κ2) is 7.11. The van der Waals surface area contributed by atoms with E-state index < -0.39 is 0 Å². The highest BCUT2D eigenvalue weighted by atomic mass is 35.5. The summed E-state index contributed by atoms with van der Waals surface area (Å²) in [6, 6.07) is 4.85. The fourth-order valence-electron chi connectivity index (χ4n) is 2.59. The minimum Gasteiger partial charge on any atom is -0.344 e. The van der Waals surface area contributed by atoms with E-state index >= 15 is 0 Å². The average molecular weight is 355 g/mol. The third-order valence-corrected chi connectivity index (χ3v) is 5.65. The molecule has 1 fully saturated rings. The highest BCUT2D eigenvalue weighted by Gasteiger charge is 2.22. The Morgan fingerprint density at radius 1 is 1.22 bits per heavy atom. The van der Waals surface area contributed by atoms with E-state index in [9.17, 15) is 4.39 Å². The summed E-state index contributed by atoms with van der Waals surface area (Å²) < 4.78 is 13.9. The molecule has 0 atom stereocenters. The summed E-state index contributed by atoms with van der Waals surface area (Å²) in [5.74, 6) is 0.177. The zero-order chi connectivity index (χ0) is 16.4. The molecule has 2 aromatic rings. The van der Waals surface area contributed by atoms with Crippen molar-refractivity contribution in [3.05, 3.63) is 39.6 Å². The van der Waals surface area contributed by atoms with Crippen LogP contribution in [0.2, 0.25) is 5.02 Å². The van der Waals surface area contributed by atoms with Gasteiger partial charge in [0.05, 0.1) is 0 Å². The number of hydrogen-bond donors (Lipinski definition) is 0. The fourth-order valence-corrected chi connectivity index (χ4v) is 3.71. The van der Waals surface area contributed by atoms with Crippen LogP contribution in [0.4, 0.5) is 9.52 Å². The summed E-state index contributed by atoms with van der Waals surface area (Å²) in [5, 5.41) is 11.1. The van der Waals surface area contributed by atoms with Crippen molar-refractivity contribution in [3.8, 4) is 0 Å². The molecular weight excluding hydrogens is 335 g/mol. The smallest absolute Gasteiger partial charge is 0.208 e. The van der Waals surface area contributed by atoms with Gasteiger partial charge >= 0.3 is 0 Å². The van der Waals surface area contributed by atoms with Gasteiger partial charge in [-0.15, -0.1) is 10.2 Å². The van der Waals surface area contributed by atoms with Crippen molar-refractivity contribution in [1.29, 1.82) is 0 Å². The second-order valence-electron chi connectivity index (χ2n) is 6.04. The van der Waals surface area contributed by atoms with Gasteiger partial charge in [-0.05, 0) is 12.1 Å². The van der Waals surface area contributed by atoms with Gasteiger partial charge in [-0.3, -0.25) is 4.90 Å². The maximum atomic E-state index is 13.9. The van der Waals surface area contributed by atoms with Crippen LogP contribution in [0.5, 0.6) is 0 Å². The molecule has 1 aromatic heterocycles. The molecule has 0 unspecified atom stereocenters. The molecular formula is C16H20ClFN4S. The first-order valence-electron chi connectivity index (χ1n) is 7.78. The quantitative estimate of drug-likeness (QED) is 0.836. The molecule has 1 aliphatic rings. The van der Waals surface area contributed by atoms with Crippen LogP contribution in [0.25, 0.3) is 0 Å². The van der Waals surface area contributed by atoms with Gasteiger partial charge in [0, 0.05) is 49.2 Å². The van der Waals surface area contributed by atoms with Gasteiger partial charge in [-0.25, -0.2) is 4.39 Å². The lowest BCUT2D eigenvalue weighted by Gasteiger charge is -2.34. The number of aromatic nitrogens is 2. The van der Waals surface area contributed by atoms with Crippen molar-refractivity contribution in [1.82, 2.24) is 15.1 Å². The first-order valence-corrected chi connectivity index (χ1v) is 8.97. The Morgan fingerprint density at radius 2 is 1.96 bits per heavy atom. The standard InChI is InChI=1S/C16H20ClFN4S/c1-11(2)15-19-20-16(23-15)22-8-6-21(7-9-22)10-12-13(17)4-3-5-14(12)18/h3-5,11H,6-10H2,1-2H3. The normalized spacial score (nSPS) is 16.3. The van der Waals surface area contributed by atoms with Gasteiger partial charge in [0.15, 0.2) is 0 Å². The number of halogens is 2. The number of rotatable bonds is 4. The monoisotopic (exact) mass is 354 g/mol. The number of piperazine rings is 1. The summed E-state index contributed by atoms with van der Waals surface area (Å²) >= 11 is 7.77. The second-order valence-corrected chi connectivity index (χ2v) is 7.44. The van der Waals surface area contributed by atoms with E-state index in [0.29, 0.717) is 23.0 Å². The van der Waals surface area contributed by atoms with Crippen LogP contribution in [0.1, 0.15) is 30.3 Å². The lowest BCUT2D eigenvalue weighted by Crippen LogP contribution is -2.46. The molecule has 0 N–H and O–H groups in total. The van der Waals surface area contributed by atoms with Crippen LogP contribution in [0.15, 0.2) is 18.2 Å². The van der Waals surface area contributed by atoms with E-state index in [1.54, 1.807) is 23.5 Å². The summed E-state index contributed by atoms with van der Waals surface area (Å²) in [5.41, 5.74) is 0.584. The van der Waals surface area contributed by atoms with E-state index in [4.69, 9.17) is 11.6 Å². The molecule has 1 aliphatic heterocycles. The third-order valence-electron chi connectivity index (χ3n) is 4.01. The van der Waals surface area contributed by atoms with Gasteiger partial charge in [0.25, 0.3) is 0 Å². The molecule has 7 heteroatoms. The van der Waals surface area contributed by atoms with Gasteiger partial charge in [0.2, 0.25) is 5.13 Å². The first-order chi connectivity index (χ1) is 11.0. The lowest BCUT2D eigenvalue weighted by molar-refractivity contribution is 0.246. The van der Waals surface area contributed by atoms with Crippen molar-refractivity contribution >= 4 is 28.1 Å². The van der Waals surface area contributed by atoms with E-state index in [2.05, 4.69) is 33.8 Å². The molecule has 1 aromatic carbocycles. The number of nitrogens with zero attached hydrogens (tertiary/aromatic N) is 4. The van der Waals surface area contributed by atoms with Gasteiger partial charge in [-0.1, -0.05) is 42.9 Å². The molecule has 2 heterocycles. The molecule has 4 nitrogen and oxygen atoms in total. The minimum atomic E-state index is -0.231. The van der Waals surface area contributed by atoms with E-state index in [1.807, 2.05) is 0 Å². The Hall–Kier alpha value is -1.24. The molecule has 124 valence electrons. The zero-order valence-electron chi connectivity index (χ0n) is 13.3.